The average molecular weight is 412 g/mol. The van der Waals surface area contributed by atoms with Gasteiger partial charge in [-0.1, -0.05) is 12.1 Å². The molecule has 0 aliphatic carbocycles. The van der Waals surface area contributed by atoms with Crippen LogP contribution in [0.2, 0.25) is 0 Å². The number of amides is 2. The lowest BCUT2D eigenvalue weighted by Gasteiger charge is -2.35. The summed E-state index contributed by atoms with van der Waals surface area (Å²) in [5.41, 5.74) is 2.35. The van der Waals surface area contributed by atoms with Gasteiger partial charge in [-0.25, -0.2) is 0 Å². The Hall–Kier alpha value is -3.06. The number of carbonyl (C=O) groups excluding carboxylic acids is 2. The van der Waals surface area contributed by atoms with Crippen LogP contribution in [-0.4, -0.2) is 81.0 Å². The lowest BCUT2D eigenvalue weighted by atomic mass is 10.1. The fourth-order valence-corrected chi connectivity index (χ4v) is 3.54. The molecule has 0 N–H and O–H groups in total. The maximum absolute atomic E-state index is 12.9. The van der Waals surface area contributed by atoms with E-state index in [4.69, 9.17) is 9.47 Å². The van der Waals surface area contributed by atoms with Crippen LogP contribution in [0.5, 0.6) is 11.5 Å². The minimum atomic E-state index is -0.0228. The Kier molecular flexibility index (Phi) is 6.95. The summed E-state index contributed by atoms with van der Waals surface area (Å²) in [4.78, 5) is 30.9. The first-order chi connectivity index (χ1) is 14.4. The van der Waals surface area contributed by atoms with Crippen molar-refractivity contribution in [1.29, 1.82) is 0 Å². The summed E-state index contributed by atoms with van der Waals surface area (Å²) < 4.78 is 10.5. The van der Waals surface area contributed by atoms with Gasteiger partial charge in [0.1, 0.15) is 11.5 Å². The van der Waals surface area contributed by atoms with Crippen LogP contribution < -0.4 is 9.47 Å². The molecule has 30 heavy (non-hydrogen) atoms. The Bertz CT molecular complexity index is 883. The number of hydrogen-bond donors (Lipinski definition) is 0. The van der Waals surface area contributed by atoms with Gasteiger partial charge in [0.25, 0.3) is 11.8 Å². The van der Waals surface area contributed by atoms with Crippen molar-refractivity contribution < 1.29 is 19.1 Å². The van der Waals surface area contributed by atoms with E-state index in [1.54, 1.807) is 51.4 Å². The van der Waals surface area contributed by atoms with Crippen molar-refractivity contribution in [2.75, 3.05) is 54.5 Å². The quantitative estimate of drug-likeness (QED) is 0.730. The molecule has 0 bridgehead atoms. The zero-order valence-electron chi connectivity index (χ0n) is 18.1. The summed E-state index contributed by atoms with van der Waals surface area (Å²) in [5, 5.41) is 0. The topological polar surface area (TPSA) is 62.3 Å². The smallest absolute Gasteiger partial charge is 0.254 e. The third-order valence-electron chi connectivity index (χ3n) is 5.24. The molecule has 0 atom stereocenters. The number of carbonyl (C=O) groups is 2. The second-order valence-electron chi connectivity index (χ2n) is 7.57. The number of nitrogens with zero attached hydrogens (tertiary/aromatic N) is 3. The molecule has 0 aromatic heterocycles. The van der Waals surface area contributed by atoms with E-state index in [1.165, 1.54) is 0 Å². The van der Waals surface area contributed by atoms with E-state index in [2.05, 4.69) is 4.90 Å². The number of piperazine rings is 1. The normalized spacial score (nSPS) is 14.3. The van der Waals surface area contributed by atoms with Crippen LogP contribution in [0.4, 0.5) is 0 Å². The van der Waals surface area contributed by atoms with Crippen LogP contribution >= 0.6 is 0 Å². The number of rotatable bonds is 6. The molecule has 0 radical (unpaired) electrons. The molecule has 0 saturated carbocycles. The van der Waals surface area contributed by atoms with Gasteiger partial charge in [0.05, 0.1) is 14.2 Å². The molecule has 2 aromatic carbocycles. The van der Waals surface area contributed by atoms with E-state index in [-0.39, 0.29) is 11.8 Å². The van der Waals surface area contributed by atoms with Crippen molar-refractivity contribution in [3.8, 4) is 11.5 Å². The predicted octanol–water partition coefficient (Wildman–Crippen LogP) is 2.36. The Morgan fingerprint density at radius 2 is 1.53 bits per heavy atom. The number of methoxy groups -OCH3 is 2. The summed E-state index contributed by atoms with van der Waals surface area (Å²) in [6, 6.07) is 13.0. The Morgan fingerprint density at radius 3 is 2.10 bits per heavy atom. The van der Waals surface area contributed by atoms with Crippen molar-refractivity contribution in [2.24, 2.45) is 0 Å². The van der Waals surface area contributed by atoms with Gasteiger partial charge in [-0.2, -0.15) is 0 Å². The van der Waals surface area contributed by atoms with Crippen LogP contribution in [0.25, 0.3) is 0 Å². The maximum Gasteiger partial charge on any atom is 0.254 e. The number of ether oxygens (including phenoxy) is 2. The highest BCUT2D eigenvalue weighted by atomic mass is 16.5. The second-order valence-corrected chi connectivity index (χ2v) is 7.57. The molecule has 1 saturated heterocycles. The van der Waals surface area contributed by atoms with Crippen molar-refractivity contribution in [3.05, 3.63) is 59.2 Å². The van der Waals surface area contributed by atoms with Crippen molar-refractivity contribution in [2.45, 2.75) is 6.54 Å². The lowest BCUT2D eigenvalue weighted by Crippen LogP contribution is -2.48. The standard InChI is InChI=1S/C23H29N3O4/c1-24(2)22(27)18-7-5-6-17(12-18)16-25-8-10-26(11-9-25)23(28)19-13-20(29-3)15-21(14-19)30-4/h5-7,12-15H,8-11,16H2,1-4H3. The molecule has 0 unspecified atom stereocenters. The van der Waals surface area contributed by atoms with Gasteiger partial charge in [-0.05, 0) is 29.8 Å². The van der Waals surface area contributed by atoms with Crippen LogP contribution in [0, 0.1) is 0 Å². The van der Waals surface area contributed by atoms with Crippen LogP contribution in [0.15, 0.2) is 42.5 Å². The molecule has 2 amide bonds. The summed E-state index contributed by atoms with van der Waals surface area (Å²) in [7, 11) is 6.65. The largest absolute Gasteiger partial charge is 0.497 e. The van der Waals surface area contributed by atoms with E-state index < -0.39 is 0 Å². The minimum absolute atomic E-state index is 0.000911. The monoisotopic (exact) mass is 411 g/mol. The zero-order valence-corrected chi connectivity index (χ0v) is 18.1. The van der Waals surface area contributed by atoms with Crippen LogP contribution in [-0.2, 0) is 6.54 Å². The first-order valence-electron chi connectivity index (χ1n) is 9.96. The predicted molar refractivity (Wildman–Crippen MR) is 115 cm³/mol. The van der Waals surface area contributed by atoms with Crippen molar-refractivity contribution in [1.82, 2.24) is 14.7 Å². The van der Waals surface area contributed by atoms with E-state index in [0.29, 0.717) is 35.7 Å². The minimum Gasteiger partial charge on any atom is -0.497 e. The number of benzene rings is 2. The van der Waals surface area contributed by atoms with Gasteiger partial charge in [0.15, 0.2) is 0 Å². The van der Waals surface area contributed by atoms with Crippen LogP contribution in [0.3, 0.4) is 0 Å². The maximum atomic E-state index is 12.9. The van der Waals surface area contributed by atoms with E-state index >= 15 is 0 Å². The van der Waals surface area contributed by atoms with Gasteiger partial charge in [-0.15, -0.1) is 0 Å². The molecule has 2 aromatic rings. The van der Waals surface area contributed by atoms with Gasteiger partial charge in [0.2, 0.25) is 0 Å². The zero-order chi connectivity index (χ0) is 21.7. The Labute approximate surface area is 177 Å². The Morgan fingerprint density at radius 1 is 0.900 bits per heavy atom. The molecule has 1 fully saturated rings. The van der Waals surface area contributed by atoms with E-state index in [0.717, 1.165) is 25.2 Å². The number of hydrogen-bond acceptors (Lipinski definition) is 5. The summed E-state index contributed by atoms with van der Waals surface area (Å²) in [6.45, 7) is 3.60. The van der Waals surface area contributed by atoms with E-state index in [1.807, 2.05) is 29.2 Å². The third-order valence-corrected chi connectivity index (χ3v) is 5.24. The fourth-order valence-electron chi connectivity index (χ4n) is 3.54. The molecular weight excluding hydrogens is 382 g/mol. The van der Waals surface area contributed by atoms with Gasteiger partial charge < -0.3 is 19.3 Å². The fraction of sp³-hybridized carbons (Fsp3) is 0.391. The first kappa shape index (κ1) is 21.6. The van der Waals surface area contributed by atoms with Crippen molar-refractivity contribution >= 4 is 11.8 Å². The summed E-state index contributed by atoms with van der Waals surface area (Å²) in [6.07, 6.45) is 0. The molecular formula is C23H29N3O4. The lowest BCUT2D eigenvalue weighted by molar-refractivity contribution is 0.0627. The van der Waals surface area contributed by atoms with Crippen LogP contribution in [0.1, 0.15) is 26.3 Å². The van der Waals surface area contributed by atoms with E-state index in [9.17, 15) is 9.59 Å². The highest BCUT2D eigenvalue weighted by Gasteiger charge is 2.23. The van der Waals surface area contributed by atoms with Gasteiger partial charge in [-0.3, -0.25) is 14.5 Å². The summed E-state index contributed by atoms with van der Waals surface area (Å²) in [5.74, 6) is 1.18. The molecule has 1 heterocycles. The molecule has 160 valence electrons. The SMILES string of the molecule is COc1cc(OC)cc(C(=O)N2CCN(Cc3cccc(C(=O)N(C)C)c3)CC2)c1. The van der Waals surface area contributed by atoms with Crippen molar-refractivity contribution in [3.63, 3.8) is 0 Å². The third kappa shape index (κ3) is 5.10. The molecule has 0 spiro atoms. The molecule has 1 aliphatic rings. The average Bonchev–Trinajstić information content (AvgIpc) is 2.78. The highest BCUT2D eigenvalue weighted by molar-refractivity contribution is 5.95. The highest BCUT2D eigenvalue weighted by Crippen LogP contribution is 2.24. The molecule has 7 nitrogen and oxygen atoms in total. The second kappa shape index (κ2) is 9.63. The van der Waals surface area contributed by atoms with Gasteiger partial charge >= 0.3 is 0 Å². The first-order valence-corrected chi connectivity index (χ1v) is 9.96. The summed E-state index contributed by atoms with van der Waals surface area (Å²) >= 11 is 0. The Balaban J connectivity index is 1.61. The molecule has 1 aliphatic heterocycles. The van der Waals surface area contributed by atoms with Gasteiger partial charge in [0, 0.05) is 64.0 Å². The molecule has 3 rings (SSSR count). The molecule has 7 heteroatoms.